The van der Waals surface area contributed by atoms with Gasteiger partial charge in [-0.1, -0.05) is 37.3 Å². The van der Waals surface area contributed by atoms with Crippen molar-refractivity contribution in [1.29, 1.82) is 0 Å². The van der Waals surface area contributed by atoms with Gasteiger partial charge in [0.2, 0.25) is 15.9 Å². The summed E-state index contributed by atoms with van der Waals surface area (Å²) < 4.78 is 39.3. The molecule has 0 saturated carbocycles. The third kappa shape index (κ3) is 6.53. The van der Waals surface area contributed by atoms with Gasteiger partial charge in [-0.15, -0.1) is 0 Å². The molecular weight excluding hydrogens is 429 g/mol. The van der Waals surface area contributed by atoms with Crippen LogP contribution in [0.4, 0.5) is 10.1 Å². The van der Waals surface area contributed by atoms with Crippen molar-refractivity contribution < 1.29 is 17.6 Å². The number of piperidine rings is 1. The fourth-order valence-electron chi connectivity index (χ4n) is 4.04. The van der Waals surface area contributed by atoms with Crippen molar-refractivity contribution in [3.05, 3.63) is 65.5 Å². The van der Waals surface area contributed by atoms with Gasteiger partial charge in [0.25, 0.3) is 0 Å². The van der Waals surface area contributed by atoms with E-state index in [-0.39, 0.29) is 24.7 Å². The van der Waals surface area contributed by atoms with Crippen LogP contribution in [0.1, 0.15) is 43.9 Å². The summed E-state index contributed by atoms with van der Waals surface area (Å²) in [5.74, 6) is -0.255. The number of hydrogen-bond acceptors (Lipinski definition) is 4. The van der Waals surface area contributed by atoms with Gasteiger partial charge < -0.3 is 10.2 Å². The zero-order valence-electron chi connectivity index (χ0n) is 18.9. The topological polar surface area (TPSA) is 69.7 Å². The van der Waals surface area contributed by atoms with Crippen molar-refractivity contribution in [3.63, 3.8) is 0 Å². The Balaban J connectivity index is 1.61. The predicted molar refractivity (Wildman–Crippen MR) is 125 cm³/mol. The van der Waals surface area contributed by atoms with Gasteiger partial charge in [-0.05, 0) is 49.4 Å². The Morgan fingerprint density at radius 3 is 2.53 bits per heavy atom. The quantitative estimate of drug-likeness (QED) is 0.651. The lowest BCUT2D eigenvalue weighted by Gasteiger charge is -2.33. The Bertz CT molecular complexity index is 1030. The molecule has 0 aromatic heterocycles. The number of halogens is 1. The minimum Gasteiger partial charge on any atom is -0.371 e. The summed E-state index contributed by atoms with van der Waals surface area (Å²) in [5.41, 5.74) is 2.33. The third-order valence-electron chi connectivity index (χ3n) is 5.89. The number of carbonyl (C=O) groups excluding carboxylic acids is 1. The Hall–Kier alpha value is -2.45. The molecule has 1 aliphatic rings. The highest BCUT2D eigenvalue weighted by molar-refractivity contribution is 7.88. The average molecular weight is 462 g/mol. The van der Waals surface area contributed by atoms with Gasteiger partial charge in [0.1, 0.15) is 5.82 Å². The van der Waals surface area contributed by atoms with E-state index in [2.05, 4.69) is 29.3 Å². The summed E-state index contributed by atoms with van der Waals surface area (Å²) in [6.07, 6.45) is 3.48. The number of benzene rings is 2. The van der Waals surface area contributed by atoms with Crippen LogP contribution in [-0.2, 0) is 21.4 Å². The largest absolute Gasteiger partial charge is 0.371 e. The number of carbonyl (C=O) groups is 1. The molecule has 8 heteroatoms. The molecule has 3 rings (SSSR count). The van der Waals surface area contributed by atoms with Crippen LogP contribution in [0.25, 0.3) is 0 Å². The van der Waals surface area contributed by atoms with Crippen LogP contribution in [0.3, 0.4) is 0 Å². The van der Waals surface area contributed by atoms with E-state index in [0.29, 0.717) is 5.92 Å². The molecule has 2 aromatic rings. The fraction of sp³-hybridized carbons (Fsp3) is 0.458. The van der Waals surface area contributed by atoms with Crippen LogP contribution < -0.4 is 10.2 Å². The smallest absolute Gasteiger partial charge is 0.235 e. The Morgan fingerprint density at radius 2 is 1.91 bits per heavy atom. The molecule has 0 radical (unpaired) electrons. The maximum absolute atomic E-state index is 14.0. The van der Waals surface area contributed by atoms with Gasteiger partial charge in [-0.3, -0.25) is 4.79 Å². The Morgan fingerprint density at radius 1 is 1.22 bits per heavy atom. The summed E-state index contributed by atoms with van der Waals surface area (Å²) in [4.78, 5) is 15.0. The van der Waals surface area contributed by atoms with Crippen molar-refractivity contribution in [2.75, 3.05) is 30.8 Å². The Kier molecular flexibility index (Phi) is 7.90. The van der Waals surface area contributed by atoms with Gasteiger partial charge in [0.05, 0.1) is 18.8 Å². The van der Waals surface area contributed by atoms with E-state index in [1.165, 1.54) is 36.7 Å². The Labute approximate surface area is 190 Å². The second-order valence-electron chi connectivity index (χ2n) is 8.70. The molecule has 174 valence electrons. The van der Waals surface area contributed by atoms with Crippen LogP contribution >= 0.6 is 0 Å². The lowest BCUT2D eigenvalue weighted by molar-refractivity contribution is -0.122. The molecule has 1 N–H and O–H groups in total. The van der Waals surface area contributed by atoms with E-state index in [9.17, 15) is 17.6 Å². The molecule has 32 heavy (non-hydrogen) atoms. The molecular formula is C24H32FN3O3S. The molecule has 6 nitrogen and oxygen atoms in total. The molecule has 1 aliphatic heterocycles. The maximum atomic E-state index is 14.0. The average Bonchev–Trinajstić information content (AvgIpc) is 2.74. The number of anilines is 1. The lowest BCUT2D eigenvalue weighted by atomic mass is 9.99. The van der Waals surface area contributed by atoms with E-state index in [0.717, 1.165) is 29.2 Å². The van der Waals surface area contributed by atoms with Crippen molar-refractivity contribution in [2.45, 2.75) is 39.3 Å². The molecule has 1 heterocycles. The van der Waals surface area contributed by atoms with Crippen molar-refractivity contribution in [2.24, 2.45) is 5.92 Å². The molecule has 1 amide bonds. The first kappa shape index (κ1) is 24.2. The highest BCUT2D eigenvalue weighted by Crippen LogP contribution is 2.24. The molecule has 0 bridgehead atoms. The van der Waals surface area contributed by atoms with Crippen LogP contribution in [-0.4, -0.2) is 44.5 Å². The molecule has 0 aliphatic carbocycles. The number of nitrogens with one attached hydrogen (secondary N) is 1. The second-order valence-corrected chi connectivity index (χ2v) is 10.7. The minimum absolute atomic E-state index is 0.198. The summed E-state index contributed by atoms with van der Waals surface area (Å²) >= 11 is 0. The highest BCUT2D eigenvalue weighted by atomic mass is 32.2. The standard InChI is InChI=1S/C24H32FN3O3S/c1-18-7-6-14-27(15-18)22-12-10-20(11-13-22)19(2)26-24(29)17-28(32(3,30)31)16-21-8-4-5-9-23(21)25/h4-5,8-13,18-19H,6-7,14-17H2,1-3H3,(H,26,29). The first-order valence-corrected chi connectivity index (χ1v) is 12.8. The molecule has 1 saturated heterocycles. The third-order valence-corrected chi connectivity index (χ3v) is 7.08. The van der Waals surface area contributed by atoms with E-state index in [1.807, 2.05) is 19.1 Å². The predicted octanol–water partition coefficient (Wildman–Crippen LogP) is 3.70. The van der Waals surface area contributed by atoms with Crippen molar-refractivity contribution >= 4 is 21.6 Å². The zero-order valence-corrected chi connectivity index (χ0v) is 19.7. The van der Waals surface area contributed by atoms with E-state index < -0.39 is 21.7 Å². The van der Waals surface area contributed by atoms with Gasteiger partial charge in [0, 0.05) is 30.9 Å². The SMILES string of the molecule is CC1CCCN(c2ccc(C(C)NC(=O)CN(Cc3ccccc3F)S(C)(=O)=O)cc2)C1. The van der Waals surface area contributed by atoms with Crippen LogP contribution in [0.2, 0.25) is 0 Å². The van der Waals surface area contributed by atoms with E-state index >= 15 is 0 Å². The highest BCUT2D eigenvalue weighted by Gasteiger charge is 2.23. The van der Waals surface area contributed by atoms with Crippen molar-refractivity contribution in [3.8, 4) is 0 Å². The molecule has 2 atom stereocenters. The van der Waals surface area contributed by atoms with E-state index in [4.69, 9.17) is 0 Å². The summed E-state index contributed by atoms with van der Waals surface area (Å²) in [5, 5.41) is 2.85. The number of amides is 1. The van der Waals surface area contributed by atoms with Crippen LogP contribution in [0.5, 0.6) is 0 Å². The van der Waals surface area contributed by atoms with Crippen LogP contribution in [0.15, 0.2) is 48.5 Å². The van der Waals surface area contributed by atoms with Gasteiger partial charge in [-0.25, -0.2) is 12.8 Å². The molecule has 0 spiro atoms. The summed E-state index contributed by atoms with van der Waals surface area (Å²) in [7, 11) is -3.70. The molecule has 1 fully saturated rings. The maximum Gasteiger partial charge on any atom is 0.235 e. The first-order chi connectivity index (χ1) is 15.1. The lowest BCUT2D eigenvalue weighted by Crippen LogP contribution is -2.40. The monoisotopic (exact) mass is 461 g/mol. The second kappa shape index (κ2) is 10.4. The normalized spacial score (nSPS) is 17.9. The van der Waals surface area contributed by atoms with Gasteiger partial charge >= 0.3 is 0 Å². The van der Waals surface area contributed by atoms with Crippen LogP contribution in [0, 0.1) is 11.7 Å². The first-order valence-electron chi connectivity index (χ1n) is 11.0. The molecule has 2 unspecified atom stereocenters. The zero-order chi connectivity index (χ0) is 23.3. The molecule has 2 aromatic carbocycles. The minimum atomic E-state index is -3.70. The van der Waals surface area contributed by atoms with Crippen molar-refractivity contribution in [1.82, 2.24) is 9.62 Å². The number of sulfonamides is 1. The summed E-state index contributed by atoms with van der Waals surface area (Å²) in [6, 6.07) is 13.8. The van der Waals surface area contributed by atoms with Gasteiger partial charge in [-0.2, -0.15) is 4.31 Å². The number of rotatable bonds is 8. The number of hydrogen-bond donors (Lipinski definition) is 1. The van der Waals surface area contributed by atoms with Gasteiger partial charge in [0.15, 0.2) is 0 Å². The van der Waals surface area contributed by atoms with E-state index in [1.54, 1.807) is 6.07 Å². The summed E-state index contributed by atoms with van der Waals surface area (Å²) in [6.45, 7) is 5.66. The fourth-order valence-corrected chi connectivity index (χ4v) is 4.76. The number of nitrogens with zero attached hydrogens (tertiary/aromatic N) is 2.